The topological polar surface area (TPSA) is 86.0 Å². The summed E-state index contributed by atoms with van der Waals surface area (Å²) in [7, 11) is 1.56. The van der Waals surface area contributed by atoms with Crippen molar-refractivity contribution in [2.45, 2.75) is 40.2 Å². The molecule has 1 atom stereocenters. The van der Waals surface area contributed by atoms with E-state index in [0.29, 0.717) is 51.8 Å². The Morgan fingerprint density at radius 1 is 1.00 bits per heavy atom. The van der Waals surface area contributed by atoms with Crippen molar-refractivity contribution in [2.75, 3.05) is 18.6 Å². The van der Waals surface area contributed by atoms with Gasteiger partial charge in [0, 0.05) is 11.3 Å². The summed E-state index contributed by atoms with van der Waals surface area (Å²) in [4.78, 5) is 41.2. The molecule has 0 aliphatic carbocycles. The fourth-order valence-corrected chi connectivity index (χ4v) is 4.90. The number of rotatable bonds is 8. The maximum absolute atomic E-state index is 13.9. The van der Waals surface area contributed by atoms with Gasteiger partial charge >= 0.3 is 0 Å². The zero-order valence-electron chi connectivity index (χ0n) is 22.7. The third-order valence-corrected chi connectivity index (χ3v) is 7.03. The normalized spacial score (nSPS) is 14.7. The molecule has 5 rings (SSSR count). The van der Waals surface area contributed by atoms with Gasteiger partial charge in [-0.2, -0.15) is 0 Å². The number of hydrogen-bond donors (Lipinski definition) is 0. The van der Waals surface area contributed by atoms with Gasteiger partial charge in [0.25, 0.3) is 5.91 Å². The minimum absolute atomic E-state index is 0.00762. The van der Waals surface area contributed by atoms with Crippen molar-refractivity contribution in [1.82, 2.24) is 0 Å². The summed E-state index contributed by atoms with van der Waals surface area (Å²) in [5.41, 5.74) is 3.02. The van der Waals surface area contributed by atoms with Crippen LogP contribution in [0.25, 0.3) is 11.0 Å². The number of ketones is 1. The fourth-order valence-electron chi connectivity index (χ4n) is 4.90. The van der Waals surface area contributed by atoms with Crippen molar-refractivity contribution in [3.8, 4) is 11.5 Å². The number of anilines is 1. The van der Waals surface area contributed by atoms with Crippen LogP contribution in [0, 0.1) is 12.8 Å². The zero-order chi connectivity index (χ0) is 27.8. The van der Waals surface area contributed by atoms with E-state index in [0.717, 1.165) is 12.0 Å². The van der Waals surface area contributed by atoms with Crippen LogP contribution in [0.4, 0.5) is 5.69 Å². The molecule has 4 aromatic rings. The van der Waals surface area contributed by atoms with Crippen LogP contribution in [-0.2, 0) is 0 Å². The van der Waals surface area contributed by atoms with E-state index < -0.39 is 11.9 Å². The summed E-state index contributed by atoms with van der Waals surface area (Å²) in [5.74, 6) is 1.09. The quantitative estimate of drug-likeness (QED) is 0.245. The molecule has 0 saturated heterocycles. The van der Waals surface area contributed by atoms with Crippen molar-refractivity contribution in [1.29, 1.82) is 0 Å². The second-order valence-electron chi connectivity index (χ2n) is 10.3. The molecule has 1 aliphatic rings. The lowest BCUT2D eigenvalue weighted by Gasteiger charge is -2.26. The highest BCUT2D eigenvalue weighted by atomic mass is 16.5. The fraction of sp³-hybridized carbons (Fsp3) is 0.281. The van der Waals surface area contributed by atoms with Gasteiger partial charge in [-0.05, 0) is 80.3 Å². The van der Waals surface area contributed by atoms with Crippen LogP contribution in [0.5, 0.6) is 11.5 Å². The van der Waals surface area contributed by atoms with Crippen LogP contribution in [0.1, 0.15) is 70.8 Å². The molecule has 0 fully saturated rings. The van der Waals surface area contributed by atoms with Crippen LogP contribution >= 0.6 is 0 Å². The SMILES string of the molecule is COc1cc(C2c3c(oc4ccc(C)cc4c3=O)C(=O)N2c2ccc(C(C)=O)cc2)ccc1OCCC(C)C. The van der Waals surface area contributed by atoms with Crippen LogP contribution in [0.2, 0.25) is 0 Å². The second kappa shape index (κ2) is 10.4. The van der Waals surface area contributed by atoms with E-state index in [1.54, 1.807) is 60.5 Å². The van der Waals surface area contributed by atoms with Crippen molar-refractivity contribution in [3.05, 3.63) is 98.9 Å². The smallest absolute Gasteiger partial charge is 0.295 e. The maximum Gasteiger partial charge on any atom is 0.295 e. The first-order valence-corrected chi connectivity index (χ1v) is 13.0. The summed E-state index contributed by atoms with van der Waals surface area (Å²) in [6, 6.07) is 16.8. The van der Waals surface area contributed by atoms with Crippen LogP contribution in [-0.4, -0.2) is 25.4 Å². The van der Waals surface area contributed by atoms with Gasteiger partial charge in [0.05, 0.1) is 30.7 Å². The highest BCUT2D eigenvalue weighted by Gasteiger charge is 2.44. The third kappa shape index (κ3) is 4.80. The first kappa shape index (κ1) is 26.2. The Kier molecular flexibility index (Phi) is 7.00. The Bertz CT molecular complexity index is 1630. The van der Waals surface area contributed by atoms with Crippen molar-refractivity contribution >= 4 is 28.3 Å². The van der Waals surface area contributed by atoms with Crippen LogP contribution < -0.4 is 19.8 Å². The maximum atomic E-state index is 13.9. The Morgan fingerprint density at radius 3 is 2.41 bits per heavy atom. The largest absolute Gasteiger partial charge is 0.493 e. The van der Waals surface area contributed by atoms with Gasteiger partial charge in [-0.25, -0.2) is 0 Å². The number of Topliss-reactive ketones (excluding diaryl/α,β-unsaturated/α-hetero) is 1. The molecule has 7 nitrogen and oxygen atoms in total. The van der Waals surface area contributed by atoms with Gasteiger partial charge < -0.3 is 13.9 Å². The lowest BCUT2D eigenvalue weighted by Crippen LogP contribution is -2.29. The highest BCUT2D eigenvalue weighted by Crippen LogP contribution is 2.43. The monoisotopic (exact) mass is 525 g/mol. The summed E-state index contributed by atoms with van der Waals surface area (Å²) >= 11 is 0. The number of hydrogen-bond acceptors (Lipinski definition) is 6. The molecule has 1 unspecified atom stereocenters. The molecule has 0 radical (unpaired) electrons. The Labute approximate surface area is 227 Å². The molecule has 1 amide bonds. The van der Waals surface area contributed by atoms with Crippen LogP contribution in [0.15, 0.2) is 69.9 Å². The molecule has 0 N–H and O–H groups in total. The number of amides is 1. The number of aryl methyl sites for hydroxylation is 1. The lowest BCUT2D eigenvalue weighted by atomic mass is 9.97. The molecule has 2 heterocycles. The third-order valence-electron chi connectivity index (χ3n) is 7.03. The molecule has 7 heteroatoms. The number of benzene rings is 3. The van der Waals surface area contributed by atoms with E-state index >= 15 is 0 Å². The summed E-state index contributed by atoms with van der Waals surface area (Å²) < 4.78 is 17.7. The van der Waals surface area contributed by atoms with Crippen LogP contribution in [0.3, 0.4) is 0 Å². The van der Waals surface area contributed by atoms with Crippen molar-refractivity contribution in [3.63, 3.8) is 0 Å². The molecule has 0 spiro atoms. The lowest BCUT2D eigenvalue weighted by molar-refractivity contribution is 0.0970. The Balaban J connectivity index is 1.68. The average Bonchev–Trinajstić information content (AvgIpc) is 3.21. The Morgan fingerprint density at radius 2 is 1.74 bits per heavy atom. The number of carbonyl (C=O) groups is 2. The predicted octanol–water partition coefficient (Wildman–Crippen LogP) is 6.49. The second-order valence-corrected chi connectivity index (χ2v) is 10.3. The average molecular weight is 526 g/mol. The molecule has 200 valence electrons. The molecule has 0 saturated carbocycles. The number of fused-ring (bicyclic) bond motifs is 2. The molecule has 39 heavy (non-hydrogen) atoms. The van der Waals surface area contributed by atoms with Gasteiger partial charge in [0.1, 0.15) is 5.58 Å². The minimum atomic E-state index is -0.768. The van der Waals surface area contributed by atoms with Gasteiger partial charge in [-0.1, -0.05) is 31.5 Å². The van der Waals surface area contributed by atoms with E-state index in [1.807, 2.05) is 19.1 Å². The van der Waals surface area contributed by atoms with E-state index in [1.165, 1.54) is 6.92 Å². The number of nitrogens with zero attached hydrogens (tertiary/aromatic N) is 1. The van der Waals surface area contributed by atoms with E-state index in [-0.39, 0.29) is 22.5 Å². The molecular formula is C32H31NO6. The highest BCUT2D eigenvalue weighted by molar-refractivity contribution is 6.11. The van der Waals surface area contributed by atoms with E-state index in [4.69, 9.17) is 13.9 Å². The summed E-state index contributed by atoms with van der Waals surface area (Å²) in [6.07, 6.45) is 0.896. The van der Waals surface area contributed by atoms with Gasteiger partial charge in [-0.15, -0.1) is 0 Å². The first-order chi connectivity index (χ1) is 18.7. The first-order valence-electron chi connectivity index (χ1n) is 13.0. The zero-order valence-corrected chi connectivity index (χ0v) is 22.7. The number of ether oxygens (including phenoxy) is 2. The van der Waals surface area contributed by atoms with Gasteiger partial charge in [0.2, 0.25) is 5.76 Å². The van der Waals surface area contributed by atoms with Gasteiger partial charge in [0.15, 0.2) is 22.7 Å². The summed E-state index contributed by atoms with van der Waals surface area (Å²) in [5, 5.41) is 0.418. The molecule has 1 aromatic heterocycles. The summed E-state index contributed by atoms with van der Waals surface area (Å²) in [6.45, 7) is 8.20. The number of carbonyl (C=O) groups excluding carboxylic acids is 2. The van der Waals surface area contributed by atoms with E-state index in [2.05, 4.69) is 13.8 Å². The molecule has 0 bridgehead atoms. The number of methoxy groups -OCH3 is 1. The van der Waals surface area contributed by atoms with Crippen molar-refractivity contribution in [2.24, 2.45) is 5.92 Å². The van der Waals surface area contributed by atoms with Crippen molar-refractivity contribution < 1.29 is 23.5 Å². The standard InChI is InChI=1S/C32H31NO6/c1-18(2)14-15-38-26-13-9-22(17-27(26)37-5)29-28-30(35)24-16-19(3)6-12-25(24)39-31(28)32(36)33(29)23-10-7-21(8-11-23)20(4)34/h6-13,16-18,29H,14-15H2,1-5H3. The molecular weight excluding hydrogens is 494 g/mol. The minimum Gasteiger partial charge on any atom is -0.493 e. The predicted molar refractivity (Wildman–Crippen MR) is 150 cm³/mol. The Hall–Kier alpha value is -4.39. The van der Waals surface area contributed by atoms with Gasteiger partial charge in [-0.3, -0.25) is 19.3 Å². The van der Waals surface area contributed by atoms with E-state index in [9.17, 15) is 14.4 Å². The molecule has 3 aromatic carbocycles. The molecule has 1 aliphatic heterocycles.